The largest absolute Gasteiger partial charge is 0.301 e. The van der Waals surface area contributed by atoms with Crippen molar-refractivity contribution in [1.29, 1.82) is 0 Å². The predicted molar refractivity (Wildman–Crippen MR) is 123 cm³/mol. The number of hydrogen-bond donors (Lipinski definition) is 0. The summed E-state index contributed by atoms with van der Waals surface area (Å²) in [5, 5.41) is 8.93. The van der Waals surface area contributed by atoms with E-state index < -0.39 is 0 Å². The second kappa shape index (κ2) is 9.28. The Labute approximate surface area is 183 Å². The van der Waals surface area contributed by atoms with Crippen LogP contribution in [0.15, 0.2) is 53.3 Å². The molecule has 2 heterocycles. The molecule has 1 aliphatic heterocycles. The van der Waals surface area contributed by atoms with Crippen molar-refractivity contribution >= 4 is 10.9 Å². The fourth-order valence-electron chi connectivity index (χ4n) is 5.17. The van der Waals surface area contributed by atoms with Crippen LogP contribution in [-0.4, -0.2) is 57.5 Å². The summed E-state index contributed by atoms with van der Waals surface area (Å²) in [5.74, 6) is 0. The minimum Gasteiger partial charge on any atom is -0.301 e. The van der Waals surface area contributed by atoms with Crippen molar-refractivity contribution in [2.75, 3.05) is 32.7 Å². The number of nitrogens with zero attached hydrogens (tertiary/aromatic N) is 5. The third kappa shape index (κ3) is 4.41. The highest BCUT2D eigenvalue weighted by molar-refractivity contribution is 5.76. The third-order valence-corrected chi connectivity index (χ3v) is 6.91. The van der Waals surface area contributed by atoms with E-state index in [9.17, 15) is 4.79 Å². The summed E-state index contributed by atoms with van der Waals surface area (Å²) in [4.78, 5) is 17.8. The Kier molecular flexibility index (Phi) is 6.09. The second-order valence-electron chi connectivity index (χ2n) is 8.83. The highest BCUT2D eigenvalue weighted by atomic mass is 16.1. The van der Waals surface area contributed by atoms with Crippen LogP contribution in [0, 0.1) is 0 Å². The van der Waals surface area contributed by atoms with Gasteiger partial charge in [-0.1, -0.05) is 41.6 Å². The van der Waals surface area contributed by atoms with Gasteiger partial charge in [-0.2, -0.15) is 0 Å². The molecule has 31 heavy (non-hydrogen) atoms. The van der Waals surface area contributed by atoms with Crippen LogP contribution in [0.2, 0.25) is 0 Å². The van der Waals surface area contributed by atoms with Crippen molar-refractivity contribution in [2.24, 2.45) is 0 Å². The monoisotopic (exact) mass is 417 g/mol. The van der Waals surface area contributed by atoms with Crippen LogP contribution in [-0.2, 0) is 13.0 Å². The number of aryl methyl sites for hydroxylation is 2. The Hall–Kier alpha value is -2.57. The summed E-state index contributed by atoms with van der Waals surface area (Å²) in [6, 6.07) is 17.0. The SMILES string of the molecule is O=c1c2ccccc2nnn1CCCCN1CCN([C@@H]2CCCc3ccccc32)CC1. The maximum atomic E-state index is 12.5. The molecule has 1 atom stereocenters. The number of fused-ring (bicyclic) bond motifs is 2. The van der Waals surface area contributed by atoms with Crippen molar-refractivity contribution in [2.45, 2.75) is 44.7 Å². The van der Waals surface area contributed by atoms with Crippen LogP contribution in [0.5, 0.6) is 0 Å². The van der Waals surface area contributed by atoms with Crippen LogP contribution in [0.4, 0.5) is 0 Å². The summed E-state index contributed by atoms with van der Waals surface area (Å²) in [7, 11) is 0. The number of piperazine rings is 1. The van der Waals surface area contributed by atoms with Gasteiger partial charge in [0.05, 0.1) is 5.39 Å². The normalized spacial score (nSPS) is 20.1. The smallest absolute Gasteiger partial charge is 0.277 e. The number of hydrogen-bond acceptors (Lipinski definition) is 5. The summed E-state index contributed by atoms with van der Waals surface area (Å²) in [6.45, 7) is 6.28. The average Bonchev–Trinajstić information content (AvgIpc) is 2.83. The Bertz CT molecular complexity index is 1090. The highest BCUT2D eigenvalue weighted by Gasteiger charge is 2.28. The van der Waals surface area contributed by atoms with Crippen LogP contribution >= 0.6 is 0 Å². The number of unbranched alkanes of at least 4 members (excludes halogenated alkanes) is 1. The molecule has 6 heteroatoms. The summed E-state index contributed by atoms with van der Waals surface area (Å²) < 4.78 is 1.51. The Morgan fingerprint density at radius 1 is 0.903 bits per heavy atom. The van der Waals surface area contributed by atoms with E-state index in [4.69, 9.17) is 0 Å². The molecule has 0 radical (unpaired) electrons. The highest BCUT2D eigenvalue weighted by Crippen LogP contribution is 2.34. The molecule has 0 unspecified atom stereocenters. The maximum Gasteiger partial charge on any atom is 0.277 e. The fourth-order valence-corrected chi connectivity index (χ4v) is 5.17. The van der Waals surface area contributed by atoms with E-state index in [1.807, 2.05) is 24.3 Å². The van der Waals surface area contributed by atoms with Gasteiger partial charge in [0.15, 0.2) is 0 Å². The summed E-state index contributed by atoms with van der Waals surface area (Å²) in [6.07, 6.45) is 5.85. The zero-order valence-corrected chi connectivity index (χ0v) is 18.1. The zero-order valence-electron chi connectivity index (χ0n) is 18.1. The van der Waals surface area contributed by atoms with Gasteiger partial charge >= 0.3 is 0 Å². The van der Waals surface area contributed by atoms with Gasteiger partial charge in [-0.05, 0) is 61.9 Å². The van der Waals surface area contributed by atoms with E-state index in [0.29, 0.717) is 23.5 Å². The van der Waals surface area contributed by atoms with Gasteiger partial charge in [-0.25, -0.2) is 4.68 Å². The molecular weight excluding hydrogens is 386 g/mol. The van der Waals surface area contributed by atoms with Gasteiger partial charge in [-0.3, -0.25) is 9.69 Å². The summed E-state index contributed by atoms with van der Waals surface area (Å²) in [5.41, 5.74) is 3.74. The standard InChI is InChI=1S/C25H31N5O/c31-25-22-11-3-4-12-23(22)26-27-30(25)15-6-5-14-28-16-18-29(19-17-28)24-13-7-9-20-8-1-2-10-21(20)24/h1-4,8,10-12,24H,5-7,9,13-19H2/t24-/m1/s1. The first-order valence-electron chi connectivity index (χ1n) is 11.7. The van der Waals surface area contributed by atoms with E-state index in [-0.39, 0.29) is 5.56 Å². The van der Waals surface area contributed by atoms with E-state index in [1.165, 1.54) is 23.9 Å². The molecule has 1 aliphatic carbocycles. The molecule has 1 saturated heterocycles. The molecule has 1 fully saturated rings. The predicted octanol–water partition coefficient (Wildman–Crippen LogP) is 3.27. The second-order valence-corrected chi connectivity index (χ2v) is 8.83. The minimum absolute atomic E-state index is 0.0352. The van der Waals surface area contributed by atoms with E-state index in [0.717, 1.165) is 45.6 Å². The van der Waals surface area contributed by atoms with Gasteiger partial charge in [0.2, 0.25) is 0 Å². The lowest BCUT2D eigenvalue weighted by atomic mass is 9.86. The van der Waals surface area contributed by atoms with E-state index >= 15 is 0 Å². The Morgan fingerprint density at radius 3 is 2.58 bits per heavy atom. The fraction of sp³-hybridized carbons (Fsp3) is 0.480. The van der Waals surface area contributed by atoms with Crippen LogP contribution in [0.3, 0.4) is 0 Å². The quantitative estimate of drug-likeness (QED) is 0.576. The molecular formula is C25H31N5O. The number of aromatic nitrogens is 3. The number of benzene rings is 2. The van der Waals surface area contributed by atoms with Crippen LogP contribution < -0.4 is 5.56 Å². The lowest BCUT2D eigenvalue weighted by molar-refractivity contribution is 0.0869. The molecule has 5 rings (SSSR count). The van der Waals surface area contributed by atoms with E-state index in [1.54, 1.807) is 11.1 Å². The van der Waals surface area contributed by atoms with Crippen molar-refractivity contribution in [3.05, 3.63) is 70.0 Å². The molecule has 6 nitrogen and oxygen atoms in total. The Morgan fingerprint density at radius 2 is 1.68 bits per heavy atom. The molecule has 0 N–H and O–H groups in total. The first-order valence-corrected chi connectivity index (χ1v) is 11.7. The van der Waals surface area contributed by atoms with Crippen LogP contribution in [0.1, 0.15) is 42.9 Å². The molecule has 0 amide bonds. The van der Waals surface area contributed by atoms with Crippen molar-refractivity contribution in [1.82, 2.24) is 24.8 Å². The van der Waals surface area contributed by atoms with Gasteiger partial charge in [0, 0.05) is 38.8 Å². The van der Waals surface area contributed by atoms with Crippen LogP contribution in [0.25, 0.3) is 10.9 Å². The Balaban J connectivity index is 1.09. The van der Waals surface area contributed by atoms with E-state index in [2.05, 4.69) is 44.4 Å². The zero-order chi connectivity index (χ0) is 21.0. The molecule has 162 valence electrons. The van der Waals surface area contributed by atoms with Crippen molar-refractivity contribution in [3.63, 3.8) is 0 Å². The van der Waals surface area contributed by atoms with Gasteiger partial charge in [0.1, 0.15) is 5.52 Å². The first kappa shape index (κ1) is 20.3. The average molecular weight is 418 g/mol. The molecule has 1 aromatic heterocycles. The molecule has 0 spiro atoms. The molecule has 0 bridgehead atoms. The first-order chi connectivity index (χ1) is 15.3. The third-order valence-electron chi connectivity index (χ3n) is 6.91. The van der Waals surface area contributed by atoms with Gasteiger partial charge < -0.3 is 4.90 Å². The molecule has 2 aromatic carbocycles. The maximum absolute atomic E-state index is 12.5. The topological polar surface area (TPSA) is 54.3 Å². The van der Waals surface area contributed by atoms with Crippen molar-refractivity contribution < 1.29 is 0 Å². The molecule has 3 aromatic rings. The lowest BCUT2D eigenvalue weighted by Crippen LogP contribution is -2.48. The molecule has 0 saturated carbocycles. The van der Waals surface area contributed by atoms with Crippen molar-refractivity contribution in [3.8, 4) is 0 Å². The van der Waals surface area contributed by atoms with Gasteiger partial charge in [0.25, 0.3) is 5.56 Å². The lowest BCUT2D eigenvalue weighted by Gasteiger charge is -2.41. The molecule has 2 aliphatic rings. The summed E-state index contributed by atoms with van der Waals surface area (Å²) >= 11 is 0. The van der Waals surface area contributed by atoms with Gasteiger partial charge in [-0.15, -0.1) is 5.10 Å². The minimum atomic E-state index is -0.0352. The number of rotatable bonds is 6.